The van der Waals surface area contributed by atoms with Crippen LogP contribution in [0.3, 0.4) is 0 Å². The predicted molar refractivity (Wildman–Crippen MR) is 141 cm³/mol. The standard InChI is InChI=1S/C31H33N3O/c1-3-34-25(12-11-23-17-21(2)10-13-29(23)34)20-26-18-22(7-4-14-32)28-19-24-8-5-15-33-16-6-9-27(30(24)33)31(28)35-26/h10-13,17-18,20H,3-9,15-16,19H2,1-2H3. The molecule has 0 atom stereocenters. The van der Waals surface area contributed by atoms with Gasteiger partial charge in [-0.25, -0.2) is 0 Å². The molecule has 0 bridgehead atoms. The van der Waals surface area contributed by atoms with Gasteiger partial charge in [0.1, 0.15) is 11.5 Å². The highest BCUT2D eigenvalue weighted by Crippen LogP contribution is 2.48. The van der Waals surface area contributed by atoms with Gasteiger partial charge in [0, 0.05) is 60.4 Å². The number of hydrogen-bond acceptors (Lipinski definition) is 4. The van der Waals surface area contributed by atoms with Crippen molar-refractivity contribution in [1.82, 2.24) is 4.90 Å². The Hall–Kier alpha value is -3.45. The number of benzene rings is 1. The maximum absolute atomic E-state index is 9.35. The van der Waals surface area contributed by atoms with E-state index < -0.39 is 0 Å². The van der Waals surface area contributed by atoms with Crippen LogP contribution in [0.4, 0.5) is 5.69 Å². The molecule has 5 aliphatic rings. The van der Waals surface area contributed by atoms with Crippen LogP contribution in [0, 0.1) is 18.3 Å². The third-order valence-electron chi connectivity index (χ3n) is 7.89. The Balaban J connectivity index is 1.42. The minimum atomic E-state index is 0.535. The number of rotatable bonds is 4. The summed E-state index contributed by atoms with van der Waals surface area (Å²) in [5, 5.41) is 9.35. The van der Waals surface area contributed by atoms with E-state index in [2.05, 4.69) is 72.2 Å². The molecule has 4 aliphatic heterocycles. The number of likely N-dealkylation sites (N-methyl/N-ethyl adjacent to an activating group) is 1. The molecule has 1 aromatic carbocycles. The maximum Gasteiger partial charge on any atom is 0.136 e. The monoisotopic (exact) mass is 463 g/mol. The Kier molecular flexibility index (Phi) is 5.65. The summed E-state index contributed by atoms with van der Waals surface area (Å²) in [7, 11) is 0. The summed E-state index contributed by atoms with van der Waals surface area (Å²) in [5.41, 5.74) is 12.0. The van der Waals surface area contributed by atoms with Crippen LogP contribution in [-0.4, -0.2) is 24.5 Å². The van der Waals surface area contributed by atoms with Crippen LogP contribution in [0.5, 0.6) is 0 Å². The number of allylic oxidation sites excluding steroid dienone is 7. The van der Waals surface area contributed by atoms with Crippen molar-refractivity contribution in [3.63, 3.8) is 0 Å². The van der Waals surface area contributed by atoms with Crippen molar-refractivity contribution in [3.8, 4) is 6.07 Å². The van der Waals surface area contributed by atoms with E-state index in [1.807, 2.05) is 0 Å². The third-order valence-corrected chi connectivity index (χ3v) is 7.89. The second-order valence-corrected chi connectivity index (χ2v) is 10.2. The van der Waals surface area contributed by atoms with Gasteiger partial charge in [-0.15, -0.1) is 0 Å². The average molecular weight is 464 g/mol. The summed E-state index contributed by atoms with van der Waals surface area (Å²) in [5.74, 6) is 1.96. The van der Waals surface area contributed by atoms with Crippen LogP contribution in [-0.2, 0) is 4.74 Å². The highest BCUT2D eigenvalue weighted by Gasteiger charge is 2.36. The number of anilines is 1. The van der Waals surface area contributed by atoms with Crippen LogP contribution >= 0.6 is 0 Å². The first kappa shape index (κ1) is 22.0. The summed E-state index contributed by atoms with van der Waals surface area (Å²) in [4.78, 5) is 4.95. The zero-order chi connectivity index (χ0) is 23.9. The second kappa shape index (κ2) is 8.96. The van der Waals surface area contributed by atoms with E-state index in [4.69, 9.17) is 4.74 Å². The van der Waals surface area contributed by atoms with Crippen molar-refractivity contribution in [2.75, 3.05) is 24.5 Å². The van der Waals surface area contributed by atoms with Crippen LogP contribution in [0.25, 0.3) is 6.08 Å². The first-order chi connectivity index (χ1) is 17.2. The number of nitrogens with zero attached hydrogens (tertiary/aromatic N) is 3. The van der Waals surface area contributed by atoms with Crippen molar-refractivity contribution >= 4 is 11.8 Å². The Morgan fingerprint density at radius 2 is 1.97 bits per heavy atom. The first-order valence-electron chi connectivity index (χ1n) is 13.1. The Bertz CT molecular complexity index is 1310. The van der Waals surface area contributed by atoms with Gasteiger partial charge in [0.05, 0.1) is 6.07 Å². The lowest BCUT2D eigenvalue weighted by molar-refractivity contribution is 0.263. The van der Waals surface area contributed by atoms with Crippen LogP contribution in [0.1, 0.15) is 63.0 Å². The topological polar surface area (TPSA) is 39.5 Å². The lowest BCUT2D eigenvalue weighted by Gasteiger charge is -2.43. The van der Waals surface area contributed by atoms with Crippen LogP contribution in [0.15, 0.2) is 81.6 Å². The van der Waals surface area contributed by atoms with Crippen LogP contribution in [0.2, 0.25) is 0 Å². The lowest BCUT2D eigenvalue weighted by atomic mass is 9.79. The van der Waals surface area contributed by atoms with Crippen molar-refractivity contribution in [2.24, 2.45) is 0 Å². The second-order valence-electron chi connectivity index (χ2n) is 10.2. The van der Waals surface area contributed by atoms with E-state index in [1.165, 1.54) is 58.5 Å². The van der Waals surface area contributed by atoms with E-state index in [0.717, 1.165) is 56.1 Å². The summed E-state index contributed by atoms with van der Waals surface area (Å²) < 4.78 is 6.74. The Morgan fingerprint density at radius 1 is 1.11 bits per heavy atom. The van der Waals surface area contributed by atoms with Gasteiger partial charge in [-0.2, -0.15) is 5.26 Å². The molecular weight excluding hydrogens is 430 g/mol. The fourth-order valence-corrected chi connectivity index (χ4v) is 6.35. The van der Waals surface area contributed by atoms with E-state index in [9.17, 15) is 5.26 Å². The quantitative estimate of drug-likeness (QED) is 0.480. The molecule has 1 saturated heterocycles. The molecule has 4 heteroatoms. The van der Waals surface area contributed by atoms with Gasteiger partial charge in [0.25, 0.3) is 0 Å². The van der Waals surface area contributed by atoms with E-state index in [0.29, 0.717) is 6.42 Å². The largest absolute Gasteiger partial charge is 0.457 e. The van der Waals surface area contributed by atoms with E-state index in [1.54, 1.807) is 5.57 Å². The zero-order valence-corrected chi connectivity index (χ0v) is 20.9. The van der Waals surface area contributed by atoms with Gasteiger partial charge in [0.15, 0.2) is 0 Å². The van der Waals surface area contributed by atoms with E-state index in [-0.39, 0.29) is 0 Å². The SMILES string of the molecule is CCN1C(=CC2=CC(CCC#N)=C3CC4=C5C(=C3O2)CCCN5CCC4)C=Cc2cc(C)ccc21. The molecule has 0 saturated carbocycles. The predicted octanol–water partition coefficient (Wildman–Crippen LogP) is 7.05. The number of nitriles is 1. The molecule has 0 spiro atoms. The molecule has 1 fully saturated rings. The summed E-state index contributed by atoms with van der Waals surface area (Å²) in [6.07, 6.45) is 15.8. The molecule has 0 aromatic heterocycles. The molecule has 1 aliphatic carbocycles. The van der Waals surface area contributed by atoms with Crippen molar-refractivity contribution in [2.45, 2.75) is 58.8 Å². The summed E-state index contributed by atoms with van der Waals surface area (Å²) >= 11 is 0. The number of hydrogen-bond donors (Lipinski definition) is 0. The first-order valence-corrected chi connectivity index (χ1v) is 13.1. The minimum absolute atomic E-state index is 0.535. The molecule has 4 nitrogen and oxygen atoms in total. The lowest BCUT2D eigenvalue weighted by Crippen LogP contribution is -2.36. The molecule has 0 N–H and O–H groups in total. The molecule has 4 heterocycles. The fourth-order valence-electron chi connectivity index (χ4n) is 6.35. The van der Waals surface area contributed by atoms with Crippen molar-refractivity contribution in [3.05, 3.63) is 92.8 Å². The number of fused-ring (bicyclic) bond motifs is 2. The molecule has 0 radical (unpaired) electrons. The number of ether oxygens (including phenoxy) is 1. The molecule has 0 amide bonds. The van der Waals surface area contributed by atoms with Gasteiger partial charge >= 0.3 is 0 Å². The number of aryl methyl sites for hydroxylation is 1. The smallest absolute Gasteiger partial charge is 0.136 e. The Morgan fingerprint density at radius 3 is 2.80 bits per heavy atom. The van der Waals surface area contributed by atoms with Crippen LogP contribution < -0.4 is 4.90 Å². The normalized spacial score (nSPS) is 22.0. The van der Waals surface area contributed by atoms with Crippen molar-refractivity contribution in [1.29, 1.82) is 5.26 Å². The summed E-state index contributed by atoms with van der Waals surface area (Å²) in [6.45, 7) is 7.56. The molecule has 6 rings (SSSR count). The van der Waals surface area contributed by atoms with Crippen molar-refractivity contribution < 1.29 is 4.74 Å². The molecule has 178 valence electrons. The van der Waals surface area contributed by atoms with Gasteiger partial charge in [-0.3, -0.25) is 0 Å². The highest BCUT2D eigenvalue weighted by atomic mass is 16.5. The van der Waals surface area contributed by atoms with Gasteiger partial charge in [-0.1, -0.05) is 17.7 Å². The summed E-state index contributed by atoms with van der Waals surface area (Å²) in [6, 6.07) is 9.01. The van der Waals surface area contributed by atoms with E-state index >= 15 is 0 Å². The molecule has 1 aromatic rings. The minimum Gasteiger partial charge on any atom is -0.457 e. The Labute approximate surface area is 208 Å². The third kappa shape index (κ3) is 3.84. The van der Waals surface area contributed by atoms with Gasteiger partial charge < -0.3 is 14.5 Å². The van der Waals surface area contributed by atoms with Gasteiger partial charge in [0.2, 0.25) is 0 Å². The maximum atomic E-state index is 9.35. The fraction of sp³-hybridized carbons (Fsp3) is 0.387. The number of piperidine rings is 1. The highest BCUT2D eigenvalue weighted by molar-refractivity contribution is 5.77. The van der Waals surface area contributed by atoms with Gasteiger partial charge in [-0.05, 0) is 93.4 Å². The average Bonchev–Trinajstić information content (AvgIpc) is 2.88. The molecular formula is C31H33N3O. The zero-order valence-electron chi connectivity index (χ0n) is 20.9. The molecule has 0 unspecified atom stereocenters. The molecule has 35 heavy (non-hydrogen) atoms.